The molecule has 28 heavy (non-hydrogen) atoms. The number of unbranched alkanes of at least 4 members (excludes halogenated alkanes) is 3. The summed E-state index contributed by atoms with van der Waals surface area (Å²) in [6, 6.07) is 11.7. The Morgan fingerprint density at radius 3 is 1.71 bits per heavy atom. The fourth-order valence-electron chi connectivity index (χ4n) is 3.22. The lowest BCUT2D eigenvalue weighted by Crippen LogP contribution is -2.00. The maximum Gasteiger partial charge on any atom is 0.337 e. The predicted octanol–water partition coefficient (Wildman–Crippen LogP) is 4.84. The summed E-state index contributed by atoms with van der Waals surface area (Å²) in [5, 5.41) is 0. The molecule has 0 amide bonds. The van der Waals surface area contributed by atoms with Gasteiger partial charge in [-0.25, -0.2) is 4.79 Å². The summed E-state index contributed by atoms with van der Waals surface area (Å²) in [5.41, 5.74) is 3.03. The third kappa shape index (κ3) is 5.91. The van der Waals surface area contributed by atoms with Crippen molar-refractivity contribution in [3.8, 4) is 17.2 Å². The van der Waals surface area contributed by atoms with Crippen LogP contribution in [0.3, 0.4) is 0 Å². The summed E-state index contributed by atoms with van der Waals surface area (Å²) in [7, 11) is 6.29. The smallest absolute Gasteiger partial charge is 0.337 e. The molecule has 0 N–H and O–H groups in total. The third-order valence-electron chi connectivity index (χ3n) is 4.78. The molecule has 0 aromatic heterocycles. The average molecular weight is 386 g/mol. The SMILES string of the molecule is COC(=O)c1ccc(CCCCCCc2cc(OC)c(OC)c(OC)c2)cc1. The monoisotopic (exact) mass is 386 g/mol. The minimum absolute atomic E-state index is 0.293. The number of rotatable bonds is 11. The second-order valence-electron chi connectivity index (χ2n) is 6.64. The normalized spacial score (nSPS) is 10.4. The third-order valence-corrected chi connectivity index (χ3v) is 4.78. The highest BCUT2D eigenvalue weighted by atomic mass is 16.5. The number of carbonyl (C=O) groups is 1. The second kappa shape index (κ2) is 11.2. The number of methoxy groups -OCH3 is 4. The Morgan fingerprint density at radius 1 is 0.714 bits per heavy atom. The maximum atomic E-state index is 11.4. The Hall–Kier alpha value is -2.69. The lowest BCUT2D eigenvalue weighted by Gasteiger charge is -2.14. The Morgan fingerprint density at radius 2 is 1.25 bits per heavy atom. The standard InChI is InChI=1S/C23H30O5/c1-25-20-15-18(16-21(26-2)22(20)27-3)10-8-6-5-7-9-17-11-13-19(14-12-17)23(24)28-4/h11-16H,5-10H2,1-4H3. The van der Waals surface area contributed by atoms with Crippen LogP contribution >= 0.6 is 0 Å². The zero-order valence-electron chi connectivity index (χ0n) is 17.2. The van der Waals surface area contributed by atoms with E-state index >= 15 is 0 Å². The van der Waals surface area contributed by atoms with E-state index in [-0.39, 0.29) is 5.97 Å². The molecule has 2 aromatic carbocycles. The molecule has 0 saturated heterocycles. The van der Waals surface area contributed by atoms with Crippen LogP contribution in [0, 0.1) is 0 Å². The van der Waals surface area contributed by atoms with Crippen molar-refractivity contribution in [2.24, 2.45) is 0 Å². The molecule has 2 aromatic rings. The maximum absolute atomic E-state index is 11.4. The van der Waals surface area contributed by atoms with E-state index in [4.69, 9.17) is 18.9 Å². The highest BCUT2D eigenvalue weighted by molar-refractivity contribution is 5.89. The first-order chi connectivity index (χ1) is 13.6. The summed E-state index contributed by atoms with van der Waals surface area (Å²) >= 11 is 0. The van der Waals surface area contributed by atoms with Gasteiger partial charge in [-0.1, -0.05) is 25.0 Å². The average Bonchev–Trinajstić information content (AvgIpc) is 2.75. The topological polar surface area (TPSA) is 54.0 Å². The zero-order chi connectivity index (χ0) is 20.4. The number of hydrogen-bond donors (Lipinski definition) is 0. The first-order valence-corrected chi connectivity index (χ1v) is 9.59. The molecule has 0 spiro atoms. The molecule has 152 valence electrons. The Labute approximate surface area is 167 Å². The van der Waals surface area contributed by atoms with E-state index < -0.39 is 0 Å². The fourth-order valence-corrected chi connectivity index (χ4v) is 3.22. The van der Waals surface area contributed by atoms with Crippen molar-refractivity contribution in [3.63, 3.8) is 0 Å². The van der Waals surface area contributed by atoms with Crippen LogP contribution in [0.5, 0.6) is 17.2 Å². The first-order valence-electron chi connectivity index (χ1n) is 9.59. The summed E-state index contributed by atoms with van der Waals surface area (Å²) in [4.78, 5) is 11.4. The molecule has 0 radical (unpaired) electrons. The number of hydrogen-bond acceptors (Lipinski definition) is 5. The molecule has 0 atom stereocenters. The van der Waals surface area contributed by atoms with Crippen molar-refractivity contribution < 1.29 is 23.7 Å². The number of aryl methyl sites for hydroxylation is 2. The molecule has 0 aliphatic heterocycles. The molecule has 0 aliphatic rings. The van der Waals surface area contributed by atoms with Gasteiger partial charge in [0.1, 0.15) is 0 Å². The van der Waals surface area contributed by atoms with E-state index in [1.54, 1.807) is 21.3 Å². The van der Waals surface area contributed by atoms with Gasteiger partial charge in [-0.3, -0.25) is 0 Å². The quantitative estimate of drug-likeness (QED) is 0.408. The van der Waals surface area contributed by atoms with E-state index in [1.807, 2.05) is 36.4 Å². The molecule has 0 unspecified atom stereocenters. The van der Waals surface area contributed by atoms with Crippen LogP contribution < -0.4 is 14.2 Å². The van der Waals surface area contributed by atoms with E-state index in [0.29, 0.717) is 22.8 Å². The summed E-state index contributed by atoms with van der Waals surface area (Å²) < 4.78 is 20.9. The van der Waals surface area contributed by atoms with Gasteiger partial charge in [0.2, 0.25) is 5.75 Å². The number of benzene rings is 2. The van der Waals surface area contributed by atoms with Crippen LogP contribution in [-0.4, -0.2) is 34.4 Å². The molecule has 2 rings (SSSR count). The summed E-state index contributed by atoms with van der Waals surface area (Å²) in [5.74, 6) is 1.74. The van der Waals surface area contributed by atoms with Gasteiger partial charge < -0.3 is 18.9 Å². The van der Waals surface area contributed by atoms with E-state index in [0.717, 1.165) is 32.1 Å². The predicted molar refractivity (Wildman–Crippen MR) is 110 cm³/mol. The number of esters is 1. The molecular formula is C23H30O5. The fraction of sp³-hybridized carbons (Fsp3) is 0.435. The number of ether oxygens (including phenoxy) is 4. The van der Waals surface area contributed by atoms with E-state index in [1.165, 1.54) is 24.7 Å². The minimum Gasteiger partial charge on any atom is -0.493 e. The van der Waals surface area contributed by atoms with Crippen LogP contribution in [0.25, 0.3) is 0 Å². The van der Waals surface area contributed by atoms with Gasteiger partial charge in [0, 0.05) is 0 Å². The highest BCUT2D eigenvalue weighted by Gasteiger charge is 2.12. The van der Waals surface area contributed by atoms with Crippen molar-refractivity contribution in [2.75, 3.05) is 28.4 Å². The van der Waals surface area contributed by atoms with Crippen LogP contribution in [-0.2, 0) is 17.6 Å². The zero-order valence-corrected chi connectivity index (χ0v) is 17.2. The van der Waals surface area contributed by atoms with Crippen molar-refractivity contribution in [1.29, 1.82) is 0 Å². The van der Waals surface area contributed by atoms with Crippen molar-refractivity contribution in [3.05, 3.63) is 53.1 Å². The lowest BCUT2D eigenvalue weighted by molar-refractivity contribution is 0.0600. The van der Waals surface area contributed by atoms with Gasteiger partial charge in [-0.05, 0) is 61.1 Å². The largest absolute Gasteiger partial charge is 0.493 e. The van der Waals surface area contributed by atoms with Crippen LogP contribution in [0.2, 0.25) is 0 Å². The molecule has 0 bridgehead atoms. The molecule has 0 saturated carbocycles. The van der Waals surface area contributed by atoms with Gasteiger partial charge in [0.25, 0.3) is 0 Å². The second-order valence-corrected chi connectivity index (χ2v) is 6.64. The molecular weight excluding hydrogens is 356 g/mol. The Bertz CT molecular complexity index is 727. The van der Waals surface area contributed by atoms with Gasteiger partial charge in [-0.15, -0.1) is 0 Å². The van der Waals surface area contributed by atoms with Gasteiger partial charge >= 0.3 is 5.97 Å². The highest BCUT2D eigenvalue weighted by Crippen LogP contribution is 2.38. The van der Waals surface area contributed by atoms with Crippen LogP contribution in [0.15, 0.2) is 36.4 Å². The van der Waals surface area contributed by atoms with Crippen LogP contribution in [0.4, 0.5) is 0 Å². The minimum atomic E-state index is -0.293. The van der Waals surface area contributed by atoms with Gasteiger partial charge in [0.05, 0.1) is 34.0 Å². The Balaban J connectivity index is 1.75. The molecule has 0 aliphatic carbocycles. The molecule has 5 nitrogen and oxygen atoms in total. The van der Waals surface area contributed by atoms with Gasteiger partial charge in [0.15, 0.2) is 11.5 Å². The number of carbonyl (C=O) groups excluding carboxylic acids is 1. The van der Waals surface area contributed by atoms with E-state index in [2.05, 4.69) is 0 Å². The molecule has 0 heterocycles. The lowest BCUT2D eigenvalue weighted by atomic mass is 10.0. The summed E-state index contributed by atoms with van der Waals surface area (Å²) in [6.45, 7) is 0. The molecule has 0 fully saturated rings. The van der Waals surface area contributed by atoms with Gasteiger partial charge in [-0.2, -0.15) is 0 Å². The summed E-state index contributed by atoms with van der Waals surface area (Å²) in [6.07, 6.45) is 6.57. The van der Waals surface area contributed by atoms with Crippen molar-refractivity contribution in [1.82, 2.24) is 0 Å². The first kappa shape index (κ1) is 21.6. The van der Waals surface area contributed by atoms with E-state index in [9.17, 15) is 4.79 Å². The molecule has 5 heteroatoms. The Kier molecular flexibility index (Phi) is 8.66. The van der Waals surface area contributed by atoms with Crippen LogP contribution in [0.1, 0.15) is 47.2 Å². The van der Waals surface area contributed by atoms with Crippen molar-refractivity contribution >= 4 is 5.97 Å². The van der Waals surface area contributed by atoms with Crippen molar-refractivity contribution in [2.45, 2.75) is 38.5 Å².